The molecule has 0 radical (unpaired) electrons. The lowest BCUT2D eigenvalue weighted by Crippen LogP contribution is -2.44. The molecule has 1 fully saturated rings. The molecule has 2 aromatic rings. The van der Waals surface area contributed by atoms with Gasteiger partial charge in [-0.2, -0.15) is 0 Å². The molecule has 1 aliphatic rings. The van der Waals surface area contributed by atoms with E-state index in [0.29, 0.717) is 5.56 Å². The lowest BCUT2D eigenvalue weighted by atomic mass is 10.0. The van der Waals surface area contributed by atoms with Crippen molar-refractivity contribution in [2.24, 2.45) is 7.05 Å². The SMILES string of the molecule is CC1CCCCN1C(=O)COC(=O)c1cn(C)c2ccccc12. The Kier molecular flexibility index (Phi) is 4.37. The monoisotopic (exact) mass is 314 g/mol. The van der Waals surface area contributed by atoms with E-state index in [9.17, 15) is 9.59 Å². The number of likely N-dealkylation sites (tertiary alicyclic amines) is 1. The number of piperidine rings is 1. The van der Waals surface area contributed by atoms with Crippen molar-refractivity contribution in [2.45, 2.75) is 32.2 Å². The Morgan fingerprint density at radius 2 is 2.04 bits per heavy atom. The van der Waals surface area contributed by atoms with E-state index in [1.54, 1.807) is 6.20 Å². The van der Waals surface area contributed by atoms with Crippen molar-refractivity contribution in [1.29, 1.82) is 0 Å². The molecule has 0 aliphatic carbocycles. The number of esters is 1. The predicted molar refractivity (Wildman–Crippen MR) is 88.2 cm³/mol. The second-order valence-corrected chi connectivity index (χ2v) is 6.18. The number of rotatable bonds is 3. The Morgan fingerprint density at radius 3 is 2.83 bits per heavy atom. The lowest BCUT2D eigenvalue weighted by Gasteiger charge is -2.33. The van der Waals surface area contributed by atoms with Gasteiger partial charge in [0, 0.05) is 36.7 Å². The molecule has 1 atom stereocenters. The summed E-state index contributed by atoms with van der Waals surface area (Å²) in [6.45, 7) is 2.61. The van der Waals surface area contributed by atoms with Gasteiger partial charge in [0.05, 0.1) is 5.56 Å². The minimum Gasteiger partial charge on any atom is -0.452 e. The summed E-state index contributed by atoms with van der Waals surface area (Å²) in [6.07, 6.45) is 4.94. The van der Waals surface area contributed by atoms with E-state index < -0.39 is 5.97 Å². The average molecular weight is 314 g/mol. The molecule has 1 aromatic heterocycles. The summed E-state index contributed by atoms with van der Waals surface area (Å²) in [6, 6.07) is 7.89. The number of benzene rings is 1. The van der Waals surface area contributed by atoms with Crippen molar-refractivity contribution in [3.63, 3.8) is 0 Å². The van der Waals surface area contributed by atoms with Crippen molar-refractivity contribution in [2.75, 3.05) is 13.2 Å². The third-order valence-electron chi connectivity index (χ3n) is 4.57. The van der Waals surface area contributed by atoms with Gasteiger partial charge in [-0.3, -0.25) is 4.79 Å². The molecule has 5 nitrogen and oxygen atoms in total. The van der Waals surface area contributed by atoms with E-state index >= 15 is 0 Å². The number of fused-ring (bicyclic) bond motifs is 1. The van der Waals surface area contributed by atoms with Crippen molar-refractivity contribution in [3.05, 3.63) is 36.0 Å². The van der Waals surface area contributed by atoms with Crippen LogP contribution in [-0.2, 0) is 16.6 Å². The molecule has 0 N–H and O–H groups in total. The molecule has 23 heavy (non-hydrogen) atoms. The number of ether oxygens (including phenoxy) is 1. The Hall–Kier alpha value is -2.30. The highest BCUT2D eigenvalue weighted by molar-refractivity contribution is 6.04. The fraction of sp³-hybridized carbons (Fsp3) is 0.444. The maximum Gasteiger partial charge on any atom is 0.340 e. The molecule has 5 heteroatoms. The van der Waals surface area contributed by atoms with Gasteiger partial charge in [-0.05, 0) is 32.3 Å². The number of hydrogen-bond acceptors (Lipinski definition) is 3. The molecule has 2 heterocycles. The smallest absolute Gasteiger partial charge is 0.340 e. The van der Waals surface area contributed by atoms with Gasteiger partial charge in [-0.15, -0.1) is 0 Å². The minimum atomic E-state index is -0.445. The van der Waals surface area contributed by atoms with E-state index in [0.717, 1.165) is 36.7 Å². The van der Waals surface area contributed by atoms with Crippen LogP contribution in [0.25, 0.3) is 10.9 Å². The lowest BCUT2D eigenvalue weighted by molar-refractivity contribution is -0.137. The third kappa shape index (κ3) is 3.09. The Morgan fingerprint density at radius 1 is 1.26 bits per heavy atom. The zero-order valence-corrected chi connectivity index (χ0v) is 13.6. The number of hydrogen-bond donors (Lipinski definition) is 0. The molecule has 122 valence electrons. The van der Waals surface area contributed by atoms with E-state index in [2.05, 4.69) is 0 Å². The highest BCUT2D eigenvalue weighted by Gasteiger charge is 2.24. The molecule has 1 unspecified atom stereocenters. The van der Waals surface area contributed by atoms with Gasteiger partial charge in [-0.1, -0.05) is 18.2 Å². The van der Waals surface area contributed by atoms with E-state index in [1.165, 1.54) is 0 Å². The van der Waals surface area contributed by atoms with Crippen molar-refractivity contribution in [1.82, 2.24) is 9.47 Å². The van der Waals surface area contributed by atoms with Gasteiger partial charge >= 0.3 is 5.97 Å². The number of nitrogens with zero attached hydrogens (tertiary/aromatic N) is 2. The first kappa shape index (κ1) is 15.6. The van der Waals surface area contributed by atoms with Crippen LogP contribution in [0.1, 0.15) is 36.5 Å². The molecule has 1 aliphatic heterocycles. The normalized spacial score (nSPS) is 18.2. The van der Waals surface area contributed by atoms with Crippen LogP contribution >= 0.6 is 0 Å². The van der Waals surface area contributed by atoms with Crippen LogP contribution in [-0.4, -0.2) is 40.5 Å². The molecule has 0 spiro atoms. The number of aryl methyl sites for hydroxylation is 1. The standard InChI is InChI=1S/C18H22N2O3/c1-13-7-5-6-10-20(13)17(21)12-23-18(22)15-11-19(2)16-9-4-3-8-14(15)16/h3-4,8-9,11,13H,5-7,10,12H2,1-2H3. The van der Waals surface area contributed by atoms with Gasteiger partial charge in [0.1, 0.15) is 0 Å². The van der Waals surface area contributed by atoms with Gasteiger partial charge < -0.3 is 14.2 Å². The summed E-state index contributed by atoms with van der Waals surface area (Å²) in [7, 11) is 1.89. The average Bonchev–Trinajstić information content (AvgIpc) is 2.90. The second-order valence-electron chi connectivity index (χ2n) is 6.18. The maximum absolute atomic E-state index is 12.3. The van der Waals surface area contributed by atoms with Crippen LogP contribution in [0.3, 0.4) is 0 Å². The van der Waals surface area contributed by atoms with Gasteiger partial charge in [-0.25, -0.2) is 4.79 Å². The summed E-state index contributed by atoms with van der Waals surface area (Å²) in [5, 5.41) is 0.846. The van der Waals surface area contributed by atoms with E-state index in [1.807, 2.05) is 47.7 Å². The largest absolute Gasteiger partial charge is 0.452 e. The van der Waals surface area contributed by atoms with Crippen molar-refractivity contribution in [3.8, 4) is 0 Å². The molecule has 3 rings (SSSR count). The Balaban J connectivity index is 1.68. The first-order valence-corrected chi connectivity index (χ1v) is 8.08. The zero-order valence-electron chi connectivity index (χ0n) is 13.6. The summed E-state index contributed by atoms with van der Waals surface area (Å²) < 4.78 is 7.16. The van der Waals surface area contributed by atoms with Crippen LogP contribution in [0.4, 0.5) is 0 Å². The molecular weight excluding hydrogens is 292 g/mol. The van der Waals surface area contributed by atoms with Crippen molar-refractivity contribution < 1.29 is 14.3 Å². The molecular formula is C18H22N2O3. The minimum absolute atomic E-state index is 0.106. The molecule has 0 bridgehead atoms. The summed E-state index contributed by atoms with van der Waals surface area (Å²) >= 11 is 0. The number of aromatic nitrogens is 1. The summed E-state index contributed by atoms with van der Waals surface area (Å²) in [5.41, 5.74) is 1.47. The first-order valence-electron chi connectivity index (χ1n) is 8.08. The van der Waals surface area contributed by atoms with Gasteiger partial charge in [0.15, 0.2) is 6.61 Å². The molecule has 1 saturated heterocycles. The first-order chi connectivity index (χ1) is 11.1. The third-order valence-corrected chi connectivity index (χ3v) is 4.57. The summed E-state index contributed by atoms with van der Waals surface area (Å²) in [5.74, 6) is -0.550. The van der Waals surface area contributed by atoms with Crippen LogP contribution in [0.5, 0.6) is 0 Å². The molecule has 0 saturated carbocycles. The van der Waals surface area contributed by atoms with Crippen LogP contribution in [0.2, 0.25) is 0 Å². The highest BCUT2D eigenvalue weighted by atomic mass is 16.5. The maximum atomic E-state index is 12.3. The Bertz CT molecular complexity index is 735. The van der Waals surface area contributed by atoms with Crippen LogP contribution < -0.4 is 0 Å². The van der Waals surface area contributed by atoms with Gasteiger partial charge in [0.2, 0.25) is 0 Å². The number of carbonyl (C=O) groups excluding carboxylic acids is 2. The topological polar surface area (TPSA) is 51.5 Å². The summed E-state index contributed by atoms with van der Waals surface area (Å²) in [4.78, 5) is 26.4. The van der Waals surface area contributed by atoms with Crippen LogP contribution in [0, 0.1) is 0 Å². The molecule has 1 aromatic carbocycles. The fourth-order valence-electron chi connectivity index (χ4n) is 3.26. The van der Waals surface area contributed by atoms with E-state index in [4.69, 9.17) is 4.74 Å². The van der Waals surface area contributed by atoms with E-state index in [-0.39, 0.29) is 18.6 Å². The zero-order chi connectivity index (χ0) is 16.4. The number of amides is 1. The van der Waals surface area contributed by atoms with Crippen molar-refractivity contribution >= 4 is 22.8 Å². The number of carbonyl (C=O) groups is 2. The molecule has 1 amide bonds. The highest BCUT2D eigenvalue weighted by Crippen LogP contribution is 2.21. The Labute approximate surface area is 135 Å². The second kappa shape index (κ2) is 6.44. The quantitative estimate of drug-likeness (QED) is 0.819. The van der Waals surface area contributed by atoms with Gasteiger partial charge in [0.25, 0.3) is 5.91 Å². The predicted octanol–water partition coefficient (Wildman–Crippen LogP) is 2.74. The fourth-order valence-corrected chi connectivity index (χ4v) is 3.26. The number of para-hydroxylation sites is 1. The van der Waals surface area contributed by atoms with Crippen LogP contribution in [0.15, 0.2) is 30.5 Å².